The maximum Gasteiger partial charge on any atom is 0.253 e. The van der Waals surface area contributed by atoms with Crippen LogP contribution in [0.15, 0.2) is 12.2 Å². The van der Waals surface area contributed by atoms with Crippen LogP contribution in [0.25, 0.3) is 0 Å². The fraction of sp³-hybridized carbons (Fsp3) is 0.600. The van der Waals surface area contributed by atoms with Crippen LogP contribution in [0.4, 0.5) is 0 Å². The number of aliphatic hydroxyl groups excluding tert-OH is 1. The van der Waals surface area contributed by atoms with Crippen LogP contribution in [-0.2, 0) is 9.59 Å². The Morgan fingerprint density at radius 2 is 1.71 bits per heavy atom. The Balaban J connectivity index is 2.79. The Labute approximate surface area is 83.2 Å². The molecule has 1 heterocycles. The van der Waals surface area contributed by atoms with E-state index in [1.807, 2.05) is 13.8 Å². The second-order valence-corrected chi connectivity index (χ2v) is 3.33. The molecule has 1 aliphatic rings. The molecule has 0 aromatic heterocycles. The van der Waals surface area contributed by atoms with Crippen LogP contribution in [0.5, 0.6) is 0 Å². The predicted octanol–water partition coefficient (Wildman–Crippen LogP) is 0.461. The Hall–Kier alpha value is -1.16. The SMILES string of the molecule is CCC(O)C(CC)N1C(=O)C=CC1=O. The van der Waals surface area contributed by atoms with E-state index in [9.17, 15) is 14.7 Å². The topological polar surface area (TPSA) is 57.6 Å². The van der Waals surface area contributed by atoms with E-state index in [4.69, 9.17) is 0 Å². The molecule has 1 aliphatic heterocycles. The molecule has 1 N–H and O–H groups in total. The minimum atomic E-state index is -0.632. The van der Waals surface area contributed by atoms with Crippen LogP contribution in [-0.4, -0.2) is 34.0 Å². The lowest BCUT2D eigenvalue weighted by Crippen LogP contribution is -2.46. The Kier molecular flexibility index (Phi) is 3.41. The maximum atomic E-state index is 11.3. The van der Waals surface area contributed by atoms with E-state index >= 15 is 0 Å². The van der Waals surface area contributed by atoms with Crippen LogP contribution < -0.4 is 0 Å². The van der Waals surface area contributed by atoms with Crippen molar-refractivity contribution < 1.29 is 14.7 Å². The highest BCUT2D eigenvalue weighted by molar-refractivity contribution is 6.13. The highest BCUT2D eigenvalue weighted by atomic mass is 16.3. The zero-order chi connectivity index (χ0) is 10.7. The van der Waals surface area contributed by atoms with Crippen LogP contribution >= 0.6 is 0 Å². The molecule has 4 nitrogen and oxygen atoms in total. The molecule has 0 bridgehead atoms. The number of rotatable bonds is 4. The first-order valence-electron chi connectivity index (χ1n) is 4.85. The average Bonchev–Trinajstić information content (AvgIpc) is 2.50. The van der Waals surface area contributed by atoms with E-state index in [1.54, 1.807) is 0 Å². The molecule has 0 spiro atoms. The average molecular weight is 197 g/mol. The molecule has 78 valence electrons. The summed E-state index contributed by atoms with van der Waals surface area (Å²) in [6, 6.07) is -0.394. The number of imide groups is 1. The van der Waals surface area contributed by atoms with Gasteiger partial charge in [-0.2, -0.15) is 0 Å². The molecule has 0 aromatic rings. The van der Waals surface area contributed by atoms with E-state index in [2.05, 4.69) is 0 Å². The summed E-state index contributed by atoms with van der Waals surface area (Å²) in [6.45, 7) is 3.67. The zero-order valence-electron chi connectivity index (χ0n) is 8.43. The number of nitrogens with zero attached hydrogens (tertiary/aromatic N) is 1. The maximum absolute atomic E-state index is 11.3. The van der Waals surface area contributed by atoms with Gasteiger partial charge < -0.3 is 5.11 Å². The molecule has 2 atom stereocenters. The summed E-state index contributed by atoms with van der Waals surface area (Å²) >= 11 is 0. The molecule has 0 fully saturated rings. The molecule has 2 amide bonds. The van der Waals surface area contributed by atoms with E-state index in [-0.39, 0.29) is 11.8 Å². The lowest BCUT2D eigenvalue weighted by Gasteiger charge is -2.28. The summed E-state index contributed by atoms with van der Waals surface area (Å²) in [5.74, 6) is -0.649. The first-order chi connectivity index (χ1) is 6.61. The van der Waals surface area contributed by atoms with E-state index in [1.165, 1.54) is 12.2 Å². The van der Waals surface area contributed by atoms with Crippen LogP contribution in [0.1, 0.15) is 26.7 Å². The third kappa shape index (κ3) is 1.85. The van der Waals surface area contributed by atoms with Gasteiger partial charge in [-0.3, -0.25) is 14.5 Å². The highest BCUT2D eigenvalue weighted by Crippen LogP contribution is 2.16. The number of hydrogen-bond acceptors (Lipinski definition) is 3. The lowest BCUT2D eigenvalue weighted by molar-refractivity contribution is -0.142. The van der Waals surface area contributed by atoms with E-state index in [0.717, 1.165) is 4.90 Å². The fourth-order valence-electron chi connectivity index (χ4n) is 1.64. The van der Waals surface area contributed by atoms with Crippen molar-refractivity contribution in [3.8, 4) is 0 Å². The van der Waals surface area contributed by atoms with E-state index in [0.29, 0.717) is 12.8 Å². The zero-order valence-corrected chi connectivity index (χ0v) is 8.43. The molecule has 0 saturated heterocycles. The number of hydrogen-bond donors (Lipinski definition) is 1. The largest absolute Gasteiger partial charge is 0.391 e. The van der Waals surface area contributed by atoms with Crippen molar-refractivity contribution in [3.63, 3.8) is 0 Å². The second-order valence-electron chi connectivity index (χ2n) is 3.33. The third-order valence-electron chi connectivity index (χ3n) is 2.46. The quantitative estimate of drug-likeness (QED) is 0.666. The van der Waals surface area contributed by atoms with Gasteiger partial charge in [0.25, 0.3) is 11.8 Å². The van der Waals surface area contributed by atoms with Gasteiger partial charge >= 0.3 is 0 Å². The van der Waals surface area contributed by atoms with Crippen LogP contribution in [0.2, 0.25) is 0 Å². The molecule has 0 aliphatic carbocycles. The molecule has 14 heavy (non-hydrogen) atoms. The molecular weight excluding hydrogens is 182 g/mol. The van der Waals surface area contributed by atoms with Crippen molar-refractivity contribution >= 4 is 11.8 Å². The number of amides is 2. The monoisotopic (exact) mass is 197 g/mol. The van der Waals surface area contributed by atoms with Gasteiger partial charge in [0.2, 0.25) is 0 Å². The molecule has 0 saturated carbocycles. The minimum Gasteiger partial charge on any atom is -0.391 e. The summed E-state index contributed by atoms with van der Waals surface area (Å²) in [5.41, 5.74) is 0. The molecule has 2 unspecified atom stereocenters. The molecule has 4 heteroatoms. The van der Waals surface area contributed by atoms with Crippen LogP contribution in [0, 0.1) is 0 Å². The highest BCUT2D eigenvalue weighted by Gasteiger charge is 2.33. The van der Waals surface area contributed by atoms with Gasteiger partial charge in [0.1, 0.15) is 0 Å². The first-order valence-corrected chi connectivity index (χ1v) is 4.85. The predicted molar refractivity (Wildman–Crippen MR) is 51.4 cm³/mol. The summed E-state index contributed by atoms with van der Waals surface area (Å²) in [5, 5.41) is 9.64. The Bertz CT molecular complexity index is 255. The van der Waals surface area contributed by atoms with Gasteiger partial charge in [-0.05, 0) is 12.8 Å². The standard InChI is InChI=1S/C10H15NO3/c1-3-7(8(12)4-2)11-9(13)5-6-10(11)14/h5-8,12H,3-4H2,1-2H3. The van der Waals surface area contributed by atoms with Crippen molar-refractivity contribution in [1.29, 1.82) is 0 Å². The van der Waals surface area contributed by atoms with Gasteiger partial charge in [-0.25, -0.2) is 0 Å². The van der Waals surface area contributed by atoms with Crippen molar-refractivity contribution in [2.75, 3.05) is 0 Å². The van der Waals surface area contributed by atoms with Gasteiger partial charge in [0.15, 0.2) is 0 Å². The third-order valence-corrected chi connectivity index (χ3v) is 2.46. The van der Waals surface area contributed by atoms with Crippen molar-refractivity contribution in [1.82, 2.24) is 4.90 Å². The van der Waals surface area contributed by atoms with Crippen molar-refractivity contribution in [2.24, 2.45) is 0 Å². The molecule has 1 rings (SSSR count). The van der Waals surface area contributed by atoms with Gasteiger partial charge in [-0.1, -0.05) is 13.8 Å². The van der Waals surface area contributed by atoms with Gasteiger partial charge in [0, 0.05) is 12.2 Å². The molecule has 0 radical (unpaired) electrons. The molecule has 0 aromatic carbocycles. The smallest absolute Gasteiger partial charge is 0.253 e. The van der Waals surface area contributed by atoms with Gasteiger partial charge in [-0.15, -0.1) is 0 Å². The van der Waals surface area contributed by atoms with Crippen molar-refractivity contribution in [3.05, 3.63) is 12.2 Å². The molecular formula is C10H15NO3. The Morgan fingerprint density at radius 3 is 2.07 bits per heavy atom. The van der Waals surface area contributed by atoms with Gasteiger partial charge in [0.05, 0.1) is 12.1 Å². The number of carbonyl (C=O) groups excluding carboxylic acids is 2. The number of aliphatic hydroxyl groups is 1. The summed E-state index contributed by atoms with van der Waals surface area (Å²) in [7, 11) is 0. The van der Waals surface area contributed by atoms with E-state index < -0.39 is 12.1 Å². The summed E-state index contributed by atoms with van der Waals surface area (Å²) < 4.78 is 0. The fourth-order valence-corrected chi connectivity index (χ4v) is 1.64. The first kappa shape index (κ1) is 10.9. The van der Waals surface area contributed by atoms with Crippen molar-refractivity contribution in [2.45, 2.75) is 38.8 Å². The summed E-state index contributed by atoms with van der Waals surface area (Å²) in [4.78, 5) is 23.8. The second kappa shape index (κ2) is 4.37. The Morgan fingerprint density at radius 1 is 1.21 bits per heavy atom. The lowest BCUT2D eigenvalue weighted by atomic mass is 10.0. The van der Waals surface area contributed by atoms with Crippen LogP contribution in [0.3, 0.4) is 0 Å². The summed E-state index contributed by atoms with van der Waals surface area (Å²) in [6.07, 6.45) is 2.97. The normalized spacial score (nSPS) is 20.4. The minimum absolute atomic E-state index is 0.325. The number of carbonyl (C=O) groups is 2.